The van der Waals surface area contributed by atoms with Gasteiger partial charge in [0, 0.05) is 11.5 Å². The minimum Gasteiger partial charge on any atom is -0.494 e. The van der Waals surface area contributed by atoms with Crippen LogP contribution in [0.15, 0.2) is 84.9 Å². The van der Waals surface area contributed by atoms with Gasteiger partial charge in [-0.15, -0.1) is 11.6 Å². The predicted octanol–water partition coefficient (Wildman–Crippen LogP) is 7.24. The molecule has 0 unspecified atom stereocenters. The molecule has 0 bridgehead atoms. The Labute approximate surface area is 171 Å². The molecule has 27 heavy (non-hydrogen) atoms. The Bertz CT molecular complexity index is 856. The van der Waals surface area contributed by atoms with Crippen molar-refractivity contribution in [1.82, 2.24) is 0 Å². The van der Waals surface area contributed by atoms with Crippen LogP contribution in [-0.2, 0) is 0 Å². The van der Waals surface area contributed by atoms with Crippen LogP contribution in [0, 0.1) is 0 Å². The van der Waals surface area contributed by atoms with Crippen LogP contribution in [0.25, 0.3) is 10.6 Å². The quantitative estimate of drug-likeness (QED) is 0.221. The maximum Gasteiger partial charge on any atom is 0.119 e. The smallest absolute Gasteiger partial charge is 0.119 e. The lowest BCUT2D eigenvalue weighted by atomic mass is 9.95. The number of benzene rings is 3. The van der Waals surface area contributed by atoms with Crippen LogP contribution in [0.4, 0.5) is 0 Å². The number of alkyl halides is 1. The Balaban J connectivity index is 1.92. The number of rotatable bonds is 8. The van der Waals surface area contributed by atoms with Crippen molar-refractivity contribution < 1.29 is 4.74 Å². The Morgan fingerprint density at radius 3 is 1.81 bits per heavy atom. The van der Waals surface area contributed by atoms with Crippen LogP contribution < -0.4 is 4.74 Å². The van der Waals surface area contributed by atoms with Crippen LogP contribution in [0.5, 0.6) is 5.75 Å². The molecule has 0 heterocycles. The van der Waals surface area contributed by atoms with Gasteiger partial charge in [-0.3, -0.25) is 0 Å². The van der Waals surface area contributed by atoms with E-state index in [9.17, 15) is 0 Å². The second-order valence-corrected chi connectivity index (χ2v) is 6.95. The summed E-state index contributed by atoms with van der Waals surface area (Å²) in [5.41, 5.74) is 4.15. The second-order valence-electron chi connectivity index (χ2n) is 6.19. The average Bonchev–Trinajstić information content (AvgIpc) is 2.74. The van der Waals surface area contributed by atoms with Crippen molar-refractivity contribution in [2.45, 2.75) is 12.8 Å². The monoisotopic (exact) mass is 396 g/mol. The van der Waals surface area contributed by atoms with Gasteiger partial charge in [0.15, 0.2) is 0 Å². The highest BCUT2D eigenvalue weighted by Crippen LogP contribution is 2.35. The average molecular weight is 397 g/mol. The number of halogens is 2. The van der Waals surface area contributed by atoms with E-state index < -0.39 is 0 Å². The highest BCUT2D eigenvalue weighted by molar-refractivity contribution is 6.53. The normalized spacial score (nSPS) is 11.8. The Morgan fingerprint density at radius 1 is 0.667 bits per heavy atom. The SMILES string of the molecule is ClCCCCOc1ccc(/C(=C(/Cl)c2ccccc2)c2ccccc2)cc1. The summed E-state index contributed by atoms with van der Waals surface area (Å²) < 4.78 is 5.79. The van der Waals surface area contributed by atoms with Gasteiger partial charge in [-0.25, -0.2) is 0 Å². The fourth-order valence-electron chi connectivity index (χ4n) is 2.86. The van der Waals surface area contributed by atoms with E-state index in [1.807, 2.05) is 60.7 Å². The molecule has 3 heteroatoms. The van der Waals surface area contributed by atoms with E-state index in [0.717, 1.165) is 45.9 Å². The molecule has 0 spiro atoms. The molecule has 0 fully saturated rings. The number of ether oxygens (including phenoxy) is 1. The molecule has 0 aliphatic carbocycles. The summed E-state index contributed by atoms with van der Waals surface area (Å²) in [7, 11) is 0. The van der Waals surface area contributed by atoms with Crippen LogP contribution in [0.3, 0.4) is 0 Å². The van der Waals surface area contributed by atoms with E-state index in [1.54, 1.807) is 0 Å². The third-order valence-electron chi connectivity index (χ3n) is 4.25. The van der Waals surface area contributed by atoms with Gasteiger partial charge in [0.25, 0.3) is 0 Å². The fraction of sp³-hybridized carbons (Fsp3) is 0.167. The first kappa shape index (κ1) is 19.5. The lowest BCUT2D eigenvalue weighted by Gasteiger charge is -2.13. The van der Waals surface area contributed by atoms with Crippen LogP contribution in [0.1, 0.15) is 29.5 Å². The fourth-order valence-corrected chi connectivity index (χ4v) is 3.39. The van der Waals surface area contributed by atoms with Gasteiger partial charge in [0.2, 0.25) is 0 Å². The predicted molar refractivity (Wildman–Crippen MR) is 117 cm³/mol. The largest absolute Gasteiger partial charge is 0.494 e. The van der Waals surface area contributed by atoms with Gasteiger partial charge in [-0.05, 0) is 41.7 Å². The second kappa shape index (κ2) is 10.2. The van der Waals surface area contributed by atoms with Gasteiger partial charge >= 0.3 is 0 Å². The third kappa shape index (κ3) is 5.38. The summed E-state index contributed by atoms with van der Waals surface area (Å²) in [6.45, 7) is 0.679. The van der Waals surface area contributed by atoms with Crippen LogP contribution in [-0.4, -0.2) is 12.5 Å². The molecule has 0 aliphatic rings. The third-order valence-corrected chi connectivity index (χ3v) is 4.92. The Hall–Kier alpha value is -2.22. The van der Waals surface area contributed by atoms with E-state index in [2.05, 4.69) is 24.3 Å². The molecule has 0 atom stereocenters. The first-order valence-electron chi connectivity index (χ1n) is 9.09. The van der Waals surface area contributed by atoms with Crippen molar-refractivity contribution in [2.75, 3.05) is 12.5 Å². The molecule has 1 nitrogen and oxygen atoms in total. The van der Waals surface area contributed by atoms with Crippen LogP contribution >= 0.6 is 23.2 Å². The molecule has 0 N–H and O–H groups in total. The topological polar surface area (TPSA) is 9.23 Å². The molecule has 3 aromatic carbocycles. The lowest BCUT2D eigenvalue weighted by molar-refractivity contribution is 0.309. The van der Waals surface area contributed by atoms with E-state index in [1.165, 1.54) is 0 Å². The lowest BCUT2D eigenvalue weighted by Crippen LogP contribution is -1.98. The molecule has 0 saturated heterocycles. The summed E-state index contributed by atoms with van der Waals surface area (Å²) in [5.74, 6) is 1.53. The minimum absolute atomic E-state index is 0.672. The molecular weight excluding hydrogens is 375 g/mol. The molecule has 0 amide bonds. The van der Waals surface area contributed by atoms with Gasteiger partial charge < -0.3 is 4.74 Å². The van der Waals surface area contributed by atoms with Crippen molar-refractivity contribution in [1.29, 1.82) is 0 Å². The van der Waals surface area contributed by atoms with Gasteiger partial charge in [-0.2, -0.15) is 0 Å². The molecule has 0 saturated carbocycles. The summed E-state index contributed by atoms with van der Waals surface area (Å²) in [5, 5.41) is 0.734. The molecule has 0 radical (unpaired) electrons. The Kier molecular flexibility index (Phi) is 7.38. The molecule has 138 valence electrons. The minimum atomic E-state index is 0.672. The zero-order chi connectivity index (χ0) is 18.9. The maximum atomic E-state index is 6.84. The van der Waals surface area contributed by atoms with Gasteiger partial charge in [-0.1, -0.05) is 84.4 Å². The molecule has 0 aromatic heterocycles. The van der Waals surface area contributed by atoms with E-state index in [-0.39, 0.29) is 0 Å². The van der Waals surface area contributed by atoms with Crippen molar-refractivity contribution in [3.63, 3.8) is 0 Å². The summed E-state index contributed by atoms with van der Waals surface area (Å²) >= 11 is 12.5. The number of hydrogen-bond acceptors (Lipinski definition) is 1. The molecule has 0 aliphatic heterocycles. The van der Waals surface area contributed by atoms with Crippen molar-refractivity contribution in [3.05, 3.63) is 102 Å². The first-order valence-corrected chi connectivity index (χ1v) is 10.0. The number of unbranched alkanes of at least 4 members (excludes halogenated alkanes) is 1. The molecular formula is C24H22Cl2O. The van der Waals surface area contributed by atoms with Crippen molar-refractivity contribution in [3.8, 4) is 5.75 Å². The summed E-state index contributed by atoms with van der Waals surface area (Å²) in [4.78, 5) is 0. The van der Waals surface area contributed by atoms with Gasteiger partial charge in [0.05, 0.1) is 11.6 Å². The number of hydrogen-bond donors (Lipinski definition) is 0. The Morgan fingerprint density at radius 2 is 1.22 bits per heavy atom. The standard InChI is InChI=1S/C24H22Cl2O/c25-17-7-8-18-27-22-15-13-20(14-16-22)23(19-9-3-1-4-10-19)24(26)21-11-5-2-6-12-21/h1-6,9-16H,7-8,17-18H2/b24-23+. The van der Waals surface area contributed by atoms with E-state index in [4.69, 9.17) is 27.9 Å². The van der Waals surface area contributed by atoms with Gasteiger partial charge in [0.1, 0.15) is 5.75 Å². The van der Waals surface area contributed by atoms with E-state index in [0.29, 0.717) is 12.5 Å². The molecule has 3 rings (SSSR count). The molecule has 3 aromatic rings. The van der Waals surface area contributed by atoms with Crippen LogP contribution in [0.2, 0.25) is 0 Å². The zero-order valence-electron chi connectivity index (χ0n) is 15.1. The summed E-state index contributed by atoms with van der Waals surface area (Å²) in [6.07, 6.45) is 1.92. The zero-order valence-corrected chi connectivity index (χ0v) is 16.6. The highest BCUT2D eigenvalue weighted by atomic mass is 35.5. The highest BCUT2D eigenvalue weighted by Gasteiger charge is 2.12. The van der Waals surface area contributed by atoms with Crippen molar-refractivity contribution in [2.24, 2.45) is 0 Å². The first-order chi connectivity index (χ1) is 13.3. The summed E-state index contributed by atoms with van der Waals surface area (Å²) in [6, 6.07) is 28.4. The van der Waals surface area contributed by atoms with Crippen molar-refractivity contribution >= 4 is 33.8 Å². The maximum absolute atomic E-state index is 6.84. The van der Waals surface area contributed by atoms with E-state index >= 15 is 0 Å².